The zero-order valence-corrected chi connectivity index (χ0v) is 9.61. The average Bonchev–Trinajstić information content (AvgIpc) is 2.59. The van der Waals surface area contributed by atoms with Crippen molar-refractivity contribution in [1.82, 2.24) is 4.90 Å². The fourth-order valence-corrected chi connectivity index (χ4v) is 2.14. The molecule has 0 aromatic heterocycles. The number of hydrogen-bond acceptors (Lipinski definition) is 3. The zero-order chi connectivity index (χ0) is 11.3. The maximum atomic E-state index is 11.7. The summed E-state index contributed by atoms with van der Waals surface area (Å²) in [6.07, 6.45) is 2.50. The monoisotopic (exact) mass is 215 g/mol. The second-order valence-electron chi connectivity index (χ2n) is 4.20. The number of rotatable bonds is 6. The number of carbonyl (C=O) groups is 1. The van der Waals surface area contributed by atoms with E-state index in [0.29, 0.717) is 19.6 Å². The van der Waals surface area contributed by atoms with E-state index in [0.717, 1.165) is 12.8 Å². The van der Waals surface area contributed by atoms with Gasteiger partial charge < -0.3 is 14.7 Å². The van der Waals surface area contributed by atoms with E-state index in [1.165, 1.54) is 0 Å². The fourth-order valence-electron chi connectivity index (χ4n) is 2.14. The molecule has 0 bridgehead atoms. The van der Waals surface area contributed by atoms with Gasteiger partial charge in [0.1, 0.15) is 0 Å². The summed E-state index contributed by atoms with van der Waals surface area (Å²) < 4.78 is 5.13. The highest BCUT2D eigenvalue weighted by Crippen LogP contribution is 2.21. The maximum absolute atomic E-state index is 11.7. The quantitative estimate of drug-likeness (QED) is 0.707. The van der Waals surface area contributed by atoms with Crippen molar-refractivity contribution in [2.45, 2.75) is 32.2 Å². The molecule has 4 nitrogen and oxygen atoms in total. The molecule has 1 N–H and O–H groups in total. The van der Waals surface area contributed by atoms with Crippen LogP contribution in [0, 0.1) is 5.92 Å². The molecule has 1 heterocycles. The summed E-state index contributed by atoms with van der Waals surface area (Å²) >= 11 is 0. The van der Waals surface area contributed by atoms with E-state index in [4.69, 9.17) is 9.84 Å². The minimum absolute atomic E-state index is 0.105. The third kappa shape index (κ3) is 3.18. The largest absolute Gasteiger partial charge is 0.396 e. The molecule has 1 aliphatic heterocycles. The van der Waals surface area contributed by atoms with E-state index in [2.05, 4.69) is 6.92 Å². The lowest BCUT2D eigenvalue weighted by atomic mass is 10.1. The summed E-state index contributed by atoms with van der Waals surface area (Å²) in [4.78, 5) is 13.6. The second-order valence-corrected chi connectivity index (χ2v) is 4.20. The highest BCUT2D eigenvalue weighted by molar-refractivity contribution is 5.79. The first-order chi connectivity index (χ1) is 7.22. The molecule has 1 aliphatic rings. The average molecular weight is 215 g/mol. The van der Waals surface area contributed by atoms with Crippen LogP contribution in [0.1, 0.15) is 26.2 Å². The summed E-state index contributed by atoms with van der Waals surface area (Å²) in [7, 11) is 1.66. The molecule has 2 atom stereocenters. The lowest BCUT2D eigenvalue weighted by molar-refractivity contribution is -0.130. The van der Waals surface area contributed by atoms with Crippen LogP contribution in [-0.2, 0) is 9.53 Å². The van der Waals surface area contributed by atoms with Gasteiger partial charge >= 0.3 is 0 Å². The summed E-state index contributed by atoms with van der Waals surface area (Å²) in [5.41, 5.74) is 0. The van der Waals surface area contributed by atoms with Crippen LogP contribution in [0.25, 0.3) is 0 Å². The van der Waals surface area contributed by atoms with Crippen molar-refractivity contribution < 1.29 is 14.6 Å². The predicted molar refractivity (Wildman–Crippen MR) is 57.5 cm³/mol. The number of carbonyl (C=O) groups excluding carboxylic acids is 1. The molecule has 0 aromatic carbocycles. The Morgan fingerprint density at radius 2 is 2.40 bits per heavy atom. The van der Waals surface area contributed by atoms with Gasteiger partial charge in [0.2, 0.25) is 5.91 Å². The highest BCUT2D eigenvalue weighted by Gasteiger charge is 2.33. The van der Waals surface area contributed by atoms with Crippen LogP contribution < -0.4 is 0 Å². The highest BCUT2D eigenvalue weighted by atomic mass is 16.5. The van der Waals surface area contributed by atoms with Gasteiger partial charge in [0.25, 0.3) is 0 Å². The number of hydrogen-bond donors (Lipinski definition) is 1. The molecule has 1 saturated heterocycles. The van der Waals surface area contributed by atoms with E-state index < -0.39 is 0 Å². The van der Waals surface area contributed by atoms with Crippen LogP contribution in [0.3, 0.4) is 0 Å². The molecule has 15 heavy (non-hydrogen) atoms. The molecular formula is C11H21NO3. The molecule has 0 spiro atoms. The number of amides is 1. The Morgan fingerprint density at radius 1 is 1.67 bits per heavy atom. The van der Waals surface area contributed by atoms with Crippen LogP contribution in [0.2, 0.25) is 0 Å². The van der Waals surface area contributed by atoms with Gasteiger partial charge in [-0.15, -0.1) is 0 Å². The number of ether oxygens (including phenoxy) is 1. The van der Waals surface area contributed by atoms with Crippen molar-refractivity contribution in [3.05, 3.63) is 0 Å². The smallest absolute Gasteiger partial charge is 0.223 e. The molecule has 2 unspecified atom stereocenters. The molecule has 0 radical (unpaired) electrons. The summed E-state index contributed by atoms with van der Waals surface area (Å²) in [6.45, 7) is 3.49. The van der Waals surface area contributed by atoms with Gasteiger partial charge in [-0.25, -0.2) is 0 Å². The van der Waals surface area contributed by atoms with Crippen LogP contribution in [0.5, 0.6) is 0 Å². The van der Waals surface area contributed by atoms with Crippen LogP contribution in [0.4, 0.5) is 0 Å². The molecule has 88 valence electrons. The van der Waals surface area contributed by atoms with Gasteiger partial charge in [0, 0.05) is 32.6 Å². The minimum atomic E-state index is 0.105. The lowest BCUT2D eigenvalue weighted by Gasteiger charge is -2.27. The number of likely N-dealkylation sites (tertiary alicyclic amines) is 1. The van der Waals surface area contributed by atoms with E-state index in [1.54, 1.807) is 7.11 Å². The topological polar surface area (TPSA) is 49.8 Å². The first-order valence-corrected chi connectivity index (χ1v) is 5.62. The molecule has 4 heteroatoms. The standard InChI is InChI=1S/C11H21NO3/c1-3-4-10(8-15-2)12-6-9(7-13)5-11(12)14/h9-10,13H,3-8H2,1-2H3. The van der Waals surface area contributed by atoms with Gasteiger partial charge in [0.05, 0.1) is 12.6 Å². The van der Waals surface area contributed by atoms with E-state index in [1.807, 2.05) is 4.90 Å². The molecule has 0 aromatic rings. The Hall–Kier alpha value is -0.610. The van der Waals surface area contributed by atoms with Gasteiger partial charge in [0.15, 0.2) is 0 Å². The summed E-state index contributed by atoms with van der Waals surface area (Å²) in [5, 5.41) is 9.03. The van der Waals surface area contributed by atoms with Crippen molar-refractivity contribution in [1.29, 1.82) is 0 Å². The Morgan fingerprint density at radius 3 is 2.87 bits per heavy atom. The number of aliphatic hydroxyl groups excluding tert-OH is 1. The zero-order valence-electron chi connectivity index (χ0n) is 9.61. The minimum Gasteiger partial charge on any atom is -0.396 e. The number of methoxy groups -OCH3 is 1. The van der Waals surface area contributed by atoms with Crippen LogP contribution in [-0.4, -0.2) is 48.8 Å². The Kier molecular flexibility index (Phi) is 5.05. The molecule has 1 rings (SSSR count). The van der Waals surface area contributed by atoms with Crippen molar-refractivity contribution in [3.8, 4) is 0 Å². The molecule has 0 saturated carbocycles. The normalized spacial score (nSPS) is 23.5. The second kappa shape index (κ2) is 6.08. The Bertz CT molecular complexity index is 202. The lowest BCUT2D eigenvalue weighted by Crippen LogP contribution is -2.39. The Balaban J connectivity index is 2.55. The summed E-state index contributed by atoms with van der Waals surface area (Å²) in [5.74, 6) is 0.276. The number of nitrogens with zero attached hydrogens (tertiary/aromatic N) is 1. The van der Waals surface area contributed by atoms with E-state index >= 15 is 0 Å². The van der Waals surface area contributed by atoms with Gasteiger partial charge in [-0.3, -0.25) is 4.79 Å². The van der Waals surface area contributed by atoms with Crippen molar-refractivity contribution >= 4 is 5.91 Å². The van der Waals surface area contributed by atoms with Crippen LogP contribution >= 0.6 is 0 Å². The Labute approximate surface area is 91.2 Å². The molecular weight excluding hydrogens is 194 g/mol. The third-order valence-corrected chi connectivity index (χ3v) is 2.92. The number of aliphatic hydroxyl groups is 1. The van der Waals surface area contributed by atoms with Gasteiger partial charge in [-0.05, 0) is 6.42 Å². The maximum Gasteiger partial charge on any atom is 0.223 e. The van der Waals surface area contributed by atoms with E-state index in [9.17, 15) is 4.79 Å². The summed E-state index contributed by atoms with van der Waals surface area (Å²) in [6, 6.07) is 0.184. The first kappa shape index (κ1) is 12.5. The van der Waals surface area contributed by atoms with Crippen molar-refractivity contribution in [2.24, 2.45) is 5.92 Å². The fraction of sp³-hybridized carbons (Fsp3) is 0.909. The van der Waals surface area contributed by atoms with Gasteiger partial charge in [-0.1, -0.05) is 13.3 Å². The SMILES string of the molecule is CCCC(COC)N1CC(CO)CC1=O. The molecule has 1 amide bonds. The van der Waals surface area contributed by atoms with Gasteiger partial charge in [-0.2, -0.15) is 0 Å². The van der Waals surface area contributed by atoms with Crippen LogP contribution in [0.15, 0.2) is 0 Å². The predicted octanol–water partition coefficient (Wildman–Crippen LogP) is 0.642. The first-order valence-electron chi connectivity index (χ1n) is 5.62. The molecule has 1 fully saturated rings. The van der Waals surface area contributed by atoms with Crippen molar-refractivity contribution in [3.63, 3.8) is 0 Å². The molecule has 0 aliphatic carbocycles. The van der Waals surface area contributed by atoms with E-state index in [-0.39, 0.29) is 24.5 Å². The third-order valence-electron chi connectivity index (χ3n) is 2.92. The van der Waals surface area contributed by atoms with Crippen molar-refractivity contribution in [2.75, 3.05) is 26.9 Å².